The number of nitrogens with two attached hydrogens (primary N) is 1. The summed E-state index contributed by atoms with van der Waals surface area (Å²) < 4.78 is 26.4. The van der Waals surface area contributed by atoms with Crippen molar-refractivity contribution in [2.24, 2.45) is 5.73 Å². The first kappa shape index (κ1) is 12.8. The summed E-state index contributed by atoms with van der Waals surface area (Å²) in [5, 5.41) is 1.78. The van der Waals surface area contributed by atoms with Crippen LogP contribution < -0.4 is 5.73 Å². The summed E-state index contributed by atoms with van der Waals surface area (Å²) in [5.74, 6) is 0. The fraction of sp³-hybridized carbons (Fsp3) is 0.455. The monoisotopic (exact) mass is 272 g/mol. The van der Waals surface area contributed by atoms with Crippen molar-refractivity contribution in [1.82, 2.24) is 4.31 Å². The van der Waals surface area contributed by atoms with Crippen LogP contribution in [0.5, 0.6) is 0 Å². The predicted molar refractivity (Wildman–Crippen MR) is 69.3 cm³/mol. The summed E-state index contributed by atoms with van der Waals surface area (Å²) in [6.45, 7) is 3.27. The van der Waals surface area contributed by atoms with Gasteiger partial charge in [0, 0.05) is 24.5 Å². The summed E-state index contributed by atoms with van der Waals surface area (Å²) in [6, 6.07) is 1.65. The van der Waals surface area contributed by atoms with E-state index in [1.807, 2.05) is 6.92 Å². The van der Waals surface area contributed by atoms with Gasteiger partial charge >= 0.3 is 0 Å². The van der Waals surface area contributed by atoms with Crippen LogP contribution in [0.1, 0.15) is 18.2 Å². The average Bonchev–Trinajstić information content (AvgIpc) is 2.77. The van der Waals surface area contributed by atoms with Gasteiger partial charge in [-0.15, -0.1) is 11.3 Å². The molecule has 0 aromatic carbocycles. The molecule has 1 aromatic heterocycles. The highest BCUT2D eigenvalue weighted by Crippen LogP contribution is 2.26. The second kappa shape index (κ2) is 4.89. The molecule has 2 N–H and O–H groups in total. The Morgan fingerprint density at radius 3 is 2.94 bits per heavy atom. The van der Waals surface area contributed by atoms with Crippen LogP contribution in [0.15, 0.2) is 28.0 Å². The van der Waals surface area contributed by atoms with Gasteiger partial charge < -0.3 is 5.73 Å². The second-order valence-electron chi connectivity index (χ2n) is 4.09. The van der Waals surface area contributed by atoms with Crippen LogP contribution in [0.25, 0.3) is 0 Å². The maximum Gasteiger partial charge on any atom is 0.244 e. The van der Waals surface area contributed by atoms with E-state index in [1.165, 1.54) is 15.6 Å². The quantitative estimate of drug-likeness (QED) is 0.849. The molecule has 1 aliphatic heterocycles. The minimum Gasteiger partial charge on any atom is -0.326 e. The molecule has 0 amide bonds. The molecule has 2 heterocycles. The van der Waals surface area contributed by atoms with Crippen molar-refractivity contribution in [3.63, 3.8) is 0 Å². The molecule has 0 bridgehead atoms. The Balaban J connectivity index is 2.34. The van der Waals surface area contributed by atoms with E-state index in [0.29, 0.717) is 18.0 Å². The van der Waals surface area contributed by atoms with Crippen molar-refractivity contribution >= 4 is 21.4 Å². The molecule has 0 saturated carbocycles. The molecule has 1 aromatic rings. The Hall–Kier alpha value is -0.690. The highest BCUT2D eigenvalue weighted by Gasteiger charge is 2.28. The molecule has 0 saturated heterocycles. The van der Waals surface area contributed by atoms with Gasteiger partial charge in [-0.05, 0) is 24.8 Å². The first-order chi connectivity index (χ1) is 8.05. The molecule has 1 aliphatic rings. The lowest BCUT2D eigenvalue weighted by Crippen LogP contribution is -2.35. The Morgan fingerprint density at radius 1 is 1.53 bits per heavy atom. The van der Waals surface area contributed by atoms with Gasteiger partial charge in [0.25, 0.3) is 0 Å². The number of hydrogen-bond acceptors (Lipinski definition) is 4. The molecule has 4 nitrogen and oxygen atoms in total. The van der Waals surface area contributed by atoms with Gasteiger partial charge in [-0.2, -0.15) is 4.31 Å². The van der Waals surface area contributed by atoms with Gasteiger partial charge in [0.05, 0.1) is 4.90 Å². The van der Waals surface area contributed by atoms with Gasteiger partial charge in [0.2, 0.25) is 10.0 Å². The third kappa shape index (κ3) is 2.44. The molecule has 17 heavy (non-hydrogen) atoms. The van der Waals surface area contributed by atoms with E-state index in [1.54, 1.807) is 11.4 Å². The van der Waals surface area contributed by atoms with Crippen LogP contribution in [-0.4, -0.2) is 25.8 Å². The third-order valence-corrected chi connectivity index (χ3v) is 5.81. The number of rotatable bonds is 3. The molecule has 0 atom stereocenters. The zero-order valence-electron chi connectivity index (χ0n) is 9.72. The summed E-state index contributed by atoms with van der Waals surface area (Å²) in [5.41, 5.74) is 6.67. The second-order valence-corrected chi connectivity index (χ2v) is 7.00. The van der Waals surface area contributed by atoms with Gasteiger partial charge in [-0.1, -0.05) is 11.6 Å². The SMILES string of the molecule is CC1=CCCN(S(=O)(=O)c2ccsc2CN)C1. The molecule has 94 valence electrons. The number of sulfonamides is 1. The largest absolute Gasteiger partial charge is 0.326 e. The fourth-order valence-corrected chi connectivity index (χ4v) is 4.73. The first-order valence-corrected chi connectivity index (χ1v) is 7.80. The van der Waals surface area contributed by atoms with Crippen LogP contribution in [0, 0.1) is 0 Å². The van der Waals surface area contributed by atoms with Crippen molar-refractivity contribution < 1.29 is 8.42 Å². The summed E-state index contributed by atoms with van der Waals surface area (Å²) in [6.07, 6.45) is 2.87. The van der Waals surface area contributed by atoms with Crippen molar-refractivity contribution in [1.29, 1.82) is 0 Å². The normalized spacial score (nSPS) is 18.1. The molecule has 6 heteroatoms. The van der Waals surface area contributed by atoms with Gasteiger partial charge in [0.1, 0.15) is 0 Å². The van der Waals surface area contributed by atoms with E-state index in [-0.39, 0.29) is 6.54 Å². The van der Waals surface area contributed by atoms with Crippen LogP contribution in [0.2, 0.25) is 0 Å². The summed E-state index contributed by atoms with van der Waals surface area (Å²) >= 11 is 1.40. The average molecular weight is 272 g/mol. The number of nitrogens with zero attached hydrogens (tertiary/aromatic N) is 1. The standard InChI is InChI=1S/C11H16N2O2S2/c1-9-3-2-5-13(8-9)17(14,15)11-4-6-16-10(11)7-12/h3-4,6H,2,5,7-8,12H2,1H3. The van der Waals surface area contributed by atoms with Gasteiger partial charge in [-0.3, -0.25) is 0 Å². The maximum absolute atomic E-state index is 12.4. The Kier molecular flexibility index (Phi) is 3.67. The van der Waals surface area contributed by atoms with E-state index in [2.05, 4.69) is 6.08 Å². The number of thiophene rings is 1. The highest BCUT2D eigenvalue weighted by molar-refractivity contribution is 7.89. The third-order valence-electron chi connectivity index (χ3n) is 2.80. The van der Waals surface area contributed by atoms with Crippen molar-refractivity contribution in [2.45, 2.75) is 24.8 Å². The van der Waals surface area contributed by atoms with Crippen molar-refractivity contribution in [3.05, 3.63) is 28.0 Å². The van der Waals surface area contributed by atoms with Crippen LogP contribution >= 0.6 is 11.3 Å². The summed E-state index contributed by atoms with van der Waals surface area (Å²) in [7, 11) is -3.37. The predicted octanol–water partition coefficient (Wildman–Crippen LogP) is 1.55. The first-order valence-electron chi connectivity index (χ1n) is 5.48. The molecule has 0 unspecified atom stereocenters. The van der Waals surface area contributed by atoms with Crippen LogP contribution in [-0.2, 0) is 16.6 Å². The fourth-order valence-electron chi connectivity index (χ4n) is 1.93. The lowest BCUT2D eigenvalue weighted by atomic mass is 10.2. The minimum absolute atomic E-state index is 0.273. The topological polar surface area (TPSA) is 63.4 Å². The summed E-state index contributed by atoms with van der Waals surface area (Å²) in [4.78, 5) is 1.11. The zero-order valence-corrected chi connectivity index (χ0v) is 11.4. The van der Waals surface area contributed by atoms with Crippen LogP contribution in [0.4, 0.5) is 0 Å². The Morgan fingerprint density at radius 2 is 2.29 bits per heavy atom. The van der Waals surface area contributed by atoms with Crippen LogP contribution in [0.3, 0.4) is 0 Å². The van der Waals surface area contributed by atoms with E-state index >= 15 is 0 Å². The maximum atomic E-state index is 12.4. The van der Waals surface area contributed by atoms with E-state index in [9.17, 15) is 8.42 Å². The molecular formula is C11H16N2O2S2. The van der Waals surface area contributed by atoms with Gasteiger partial charge in [-0.25, -0.2) is 8.42 Å². The van der Waals surface area contributed by atoms with E-state index in [4.69, 9.17) is 5.73 Å². The lowest BCUT2D eigenvalue weighted by Gasteiger charge is -2.25. The molecular weight excluding hydrogens is 256 g/mol. The molecule has 0 spiro atoms. The molecule has 2 rings (SSSR count). The zero-order chi connectivity index (χ0) is 12.5. The number of hydrogen-bond donors (Lipinski definition) is 1. The smallest absolute Gasteiger partial charge is 0.244 e. The van der Waals surface area contributed by atoms with Gasteiger partial charge in [0.15, 0.2) is 0 Å². The van der Waals surface area contributed by atoms with Crippen molar-refractivity contribution in [2.75, 3.05) is 13.1 Å². The lowest BCUT2D eigenvalue weighted by molar-refractivity contribution is 0.427. The Bertz CT molecular complexity index is 531. The van der Waals surface area contributed by atoms with E-state index in [0.717, 1.165) is 16.9 Å². The Labute approximate surface area is 106 Å². The van der Waals surface area contributed by atoms with E-state index < -0.39 is 10.0 Å². The highest BCUT2D eigenvalue weighted by atomic mass is 32.2. The molecule has 0 fully saturated rings. The molecule has 0 aliphatic carbocycles. The van der Waals surface area contributed by atoms with Crippen molar-refractivity contribution in [3.8, 4) is 0 Å². The molecule has 0 radical (unpaired) electrons. The minimum atomic E-state index is -3.37.